The van der Waals surface area contributed by atoms with E-state index in [-0.39, 0.29) is 11.8 Å². The van der Waals surface area contributed by atoms with Crippen LogP contribution in [-0.2, 0) is 9.59 Å². The Bertz CT molecular complexity index is 729. The van der Waals surface area contributed by atoms with E-state index in [0.29, 0.717) is 12.5 Å². The third-order valence-corrected chi connectivity index (χ3v) is 4.43. The number of imide groups is 1. The number of methoxy groups -OCH3 is 1. The van der Waals surface area contributed by atoms with E-state index in [0.717, 1.165) is 40.9 Å². The third kappa shape index (κ3) is 4.59. The van der Waals surface area contributed by atoms with Gasteiger partial charge in [0.1, 0.15) is 5.75 Å². The van der Waals surface area contributed by atoms with Crippen LogP contribution in [0.25, 0.3) is 6.08 Å². The molecule has 1 saturated heterocycles. The van der Waals surface area contributed by atoms with E-state index in [1.54, 1.807) is 13.2 Å². The third-order valence-electron chi connectivity index (χ3n) is 4.43. The molecule has 134 valence electrons. The summed E-state index contributed by atoms with van der Waals surface area (Å²) >= 11 is 0. The number of hydrogen-bond acceptors (Lipinski definition) is 3. The van der Waals surface area contributed by atoms with Crippen molar-refractivity contribution >= 4 is 17.9 Å². The molecule has 0 unspecified atom stereocenters. The van der Waals surface area contributed by atoms with Gasteiger partial charge in [-0.3, -0.25) is 14.5 Å². The first kappa shape index (κ1) is 19.0. The number of allylic oxidation sites excluding steroid dienone is 1. The summed E-state index contributed by atoms with van der Waals surface area (Å²) in [6.07, 6.45) is 6.74. The molecule has 0 aromatic heterocycles. The molecule has 0 radical (unpaired) electrons. The van der Waals surface area contributed by atoms with Gasteiger partial charge in [-0.15, -0.1) is 0 Å². The Hall–Kier alpha value is -2.36. The molecule has 25 heavy (non-hydrogen) atoms. The lowest BCUT2D eigenvalue weighted by Crippen LogP contribution is -2.40. The highest BCUT2D eigenvalue weighted by Crippen LogP contribution is 2.24. The Balaban J connectivity index is 2.17. The fourth-order valence-corrected chi connectivity index (χ4v) is 3.00. The molecule has 1 aliphatic heterocycles. The molecule has 1 aromatic rings. The summed E-state index contributed by atoms with van der Waals surface area (Å²) in [5, 5.41) is 0. The average molecular weight is 341 g/mol. The molecular formula is C21H27NO3. The highest BCUT2D eigenvalue weighted by atomic mass is 16.5. The van der Waals surface area contributed by atoms with Crippen LogP contribution in [0.15, 0.2) is 29.9 Å². The van der Waals surface area contributed by atoms with Gasteiger partial charge in [-0.25, -0.2) is 0 Å². The maximum atomic E-state index is 12.5. The van der Waals surface area contributed by atoms with E-state index in [1.165, 1.54) is 11.0 Å². The highest BCUT2D eigenvalue weighted by molar-refractivity contribution is 6.09. The zero-order valence-corrected chi connectivity index (χ0v) is 15.8. The zero-order chi connectivity index (χ0) is 18.6. The van der Waals surface area contributed by atoms with Gasteiger partial charge in [-0.2, -0.15) is 0 Å². The van der Waals surface area contributed by atoms with Crippen molar-refractivity contribution in [1.82, 2.24) is 4.90 Å². The largest absolute Gasteiger partial charge is 0.496 e. The molecule has 4 nitrogen and oxygen atoms in total. The monoisotopic (exact) mass is 341 g/mol. The van der Waals surface area contributed by atoms with Crippen LogP contribution in [0.2, 0.25) is 0 Å². The topological polar surface area (TPSA) is 46.6 Å². The van der Waals surface area contributed by atoms with Gasteiger partial charge < -0.3 is 4.74 Å². The van der Waals surface area contributed by atoms with Gasteiger partial charge in [0.2, 0.25) is 0 Å². The lowest BCUT2D eigenvalue weighted by molar-refractivity contribution is -0.140. The van der Waals surface area contributed by atoms with Crippen molar-refractivity contribution in [3.8, 4) is 5.75 Å². The second kappa shape index (κ2) is 8.15. The molecule has 0 atom stereocenters. The highest BCUT2D eigenvalue weighted by Gasteiger charge is 2.26. The molecule has 0 N–H and O–H groups in total. The molecule has 0 bridgehead atoms. The summed E-state index contributed by atoms with van der Waals surface area (Å²) in [6.45, 7) is 8.56. The van der Waals surface area contributed by atoms with Gasteiger partial charge in [0.25, 0.3) is 11.8 Å². The van der Waals surface area contributed by atoms with Gasteiger partial charge in [0.05, 0.1) is 7.11 Å². The lowest BCUT2D eigenvalue weighted by atomic mass is 9.99. The average Bonchev–Trinajstić information content (AvgIpc) is 2.57. The van der Waals surface area contributed by atoms with E-state index in [9.17, 15) is 9.59 Å². The normalized spacial score (nSPS) is 17.0. The van der Waals surface area contributed by atoms with Gasteiger partial charge >= 0.3 is 0 Å². The lowest BCUT2D eigenvalue weighted by Gasteiger charge is -2.26. The van der Waals surface area contributed by atoms with Crippen molar-refractivity contribution in [3.05, 3.63) is 46.5 Å². The van der Waals surface area contributed by atoms with Crippen molar-refractivity contribution in [1.29, 1.82) is 0 Å². The van der Waals surface area contributed by atoms with Crippen molar-refractivity contribution in [2.45, 2.75) is 40.5 Å². The van der Waals surface area contributed by atoms with Crippen LogP contribution in [0.4, 0.5) is 0 Å². The number of carbonyl (C=O) groups is 2. The fraction of sp³-hybridized carbons (Fsp3) is 0.429. The smallest absolute Gasteiger partial charge is 0.256 e. The minimum atomic E-state index is -0.267. The van der Waals surface area contributed by atoms with Crippen LogP contribution in [0, 0.1) is 19.8 Å². The molecule has 2 amide bonds. The number of nitrogens with zero attached hydrogens (tertiary/aromatic N) is 1. The molecule has 0 aliphatic carbocycles. The van der Waals surface area contributed by atoms with Gasteiger partial charge in [-0.05, 0) is 61.4 Å². The Kier molecular flexibility index (Phi) is 6.18. The minimum Gasteiger partial charge on any atom is -0.496 e. The maximum Gasteiger partial charge on any atom is 0.256 e. The van der Waals surface area contributed by atoms with Gasteiger partial charge in [-0.1, -0.05) is 26.0 Å². The summed E-state index contributed by atoms with van der Waals surface area (Å²) in [7, 11) is 1.63. The molecule has 1 aliphatic rings. The Morgan fingerprint density at radius 2 is 2.00 bits per heavy atom. The van der Waals surface area contributed by atoms with E-state index in [2.05, 4.69) is 0 Å². The number of rotatable bonds is 4. The summed E-state index contributed by atoms with van der Waals surface area (Å²) in [6, 6.07) is 3.90. The summed E-state index contributed by atoms with van der Waals surface area (Å²) in [5.74, 6) is 0.666. The summed E-state index contributed by atoms with van der Waals surface area (Å²) in [4.78, 5) is 26.3. The number of likely N-dealkylation sites (tertiary alicyclic amines) is 1. The first-order valence-electron chi connectivity index (χ1n) is 8.73. The Morgan fingerprint density at radius 3 is 2.64 bits per heavy atom. The van der Waals surface area contributed by atoms with Crippen LogP contribution in [0.3, 0.4) is 0 Å². The molecular weight excluding hydrogens is 314 g/mol. The van der Waals surface area contributed by atoms with Crippen LogP contribution in [0.1, 0.15) is 43.4 Å². The number of piperidine rings is 1. The van der Waals surface area contributed by atoms with Crippen LogP contribution in [-0.4, -0.2) is 30.4 Å². The van der Waals surface area contributed by atoms with Crippen molar-refractivity contribution in [3.63, 3.8) is 0 Å². The fourth-order valence-electron chi connectivity index (χ4n) is 3.00. The molecule has 4 heteroatoms. The number of aryl methyl sites for hydroxylation is 1. The quantitative estimate of drug-likeness (QED) is 0.776. The molecule has 1 heterocycles. The SMILES string of the molecule is COc1cc(/C=C/C(=O)N2CCC/C(=C/C(C)C)C2=O)cc(C)c1C. The number of carbonyl (C=O) groups excluding carboxylic acids is 2. The van der Waals surface area contributed by atoms with Crippen molar-refractivity contribution in [2.75, 3.05) is 13.7 Å². The molecule has 0 saturated carbocycles. The van der Waals surface area contributed by atoms with Crippen molar-refractivity contribution < 1.29 is 14.3 Å². The van der Waals surface area contributed by atoms with E-state index in [4.69, 9.17) is 4.74 Å². The number of ether oxygens (including phenoxy) is 1. The van der Waals surface area contributed by atoms with Crippen LogP contribution < -0.4 is 4.74 Å². The molecule has 0 spiro atoms. The van der Waals surface area contributed by atoms with Gasteiger partial charge in [0, 0.05) is 18.2 Å². The summed E-state index contributed by atoms with van der Waals surface area (Å²) < 4.78 is 5.37. The standard InChI is InChI=1S/C21H27NO3/c1-14(2)11-18-7-6-10-22(21(18)24)20(23)9-8-17-12-15(3)16(4)19(13-17)25-5/h8-9,11-14H,6-7,10H2,1-5H3/b9-8+,18-11-. The van der Waals surface area contributed by atoms with E-state index < -0.39 is 0 Å². The van der Waals surface area contributed by atoms with Crippen molar-refractivity contribution in [2.24, 2.45) is 5.92 Å². The second-order valence-electron chi connectivity index (χ2n) is 6.83. The van der Waals surface area contributed by atoms with Crippen LogP contribution in [0.5, 0.6) is 5.75 Å². The predicted molar refractivity (Wildman–Crippen MR) is 100 cm³/mol. The number of amides is 2. The van der Waals surface area contributed by atoms with E-state index >= 15 is 0 Å². The number of hydrogen-bond donors (Lipinski definition) is 0. The van der Waals surface area contributed by atoms with Crippen LogP contribution >= 0.6 is 0 Å². The summed E-state index contributed by atoms with van der Waals surface area (Å²) in [5.41, 5.74) is 3.81. The predicted octanol–water partition coefficient (Wildman–Crippen LogP) is 4.06. The first-order chi connectivity index (χ1) is 11.8. The molecule has 2 rings (SSSR count). The Morgan fingerprint density at radius 1 is 1.28 bits per heavy atom. The van der Waals surface area contributed by atoms with E-state index in [1.807, 2.05) is 45.9 Å². The van der Waals surface area contributed by atoms with Gasteiger partial charge in [0.15, 0.2) is 0 Å². The minimum absolute atomic E-state index is 0.160. The second-order valence-corrected chi connectivity index (χ2v) is 6.83. The molecule has 1 fully saturated rings. The Labute approximate surface area is 150 Å². The molecule has 1 aromatic carbocycles. The number of benzene rings is 1. The zero-order valence-electron chi connectivity index (χ0n) is 15.8. The maximum absolute atomic E-state index is 12.5. The first-order valence-corrected chi connectivity index (χ1v) is 8.73.